The fourth-order valence-electron chi connectivity index (χ4n) is 1.34. The van der Waals surface area contributed by atoms with Crippen LogP contribution in [0.4, 0.5) is 8.78 Å². The van der Waals surface area contributed by atoms with Crippen LogP contribution in [0.15, 0.2) is 6.07 Å². The maximum Gasteiger partial charge on any atom is 0.309 e. The van der Waals surface area contributed by atoms with Gasteiger partial charge in [0, 0.05) is 5.33 Å². The maximum atomic E-state index is 12.6. The molecular weight excluding hydrogens is 284 g/mol. The van der Waals surface area contributed by atoms with Gasteiger partial charge in [0.1, 0.15) is 5.69 Å². The van der Waals surface area contributed by atoms with E-state index in [9.17, 15) is 13.6 Å². The Balaban J connectivity index is 3.22. The van der Waals surface area contributed by atoms with Crippen molar-refractivity contribution in [2.75, 3.05) is 0 Å². The Bertz CT molecular complexity index is 410. The zero-order chi connectivity index (χ0) is 12.3. The van der Waals surface area contributed by atoms with Gasteiger partial charge in [0.2, 0.25) is 0 Å². The molecular formula is C10H10BrF2NO2. The van der Waals surface area contributed by atoms with E-state index in [1.165, 1.54) is 6.07 Å². The van der Waals surface area contributed by atoms with E-state index in [1.807, 2.05) is 0 Å². The van der Waals surface area contributed by atoms with Gasteiger partial charge in [-0.25, -0.2) is 8.78 Å². The van der Waals surface area contributed by atoms with E-state index in [2.05, 4.69) is 20.9 Å². The summed E-state index contributed by atoms with van der Waals surface area (Å²) in [5.41, 5.74) is 0.860. The molecule has 0 fully saturated rings. The molecule has 16 heavy (non-hydrogen) atoms. The first-order valence-electron chi connectivity index (χ1n) is 4.51. The molecule has 0 aliphatic heterocycles. The lowest BCUT2D eigenvalue weighted by Gasteiger charge is -2.10. The van der Waals surface area contributed by atoms with Crippen LogP contribution in [0.3, 0.4) is 0 Å². The molecule has 6 heteroatoms. The number of aromatic nitrogens is 1. The lowest BCUT2D eigenvalue weighted by Crippen LogP contribution is -2.07. The first-order valence-corrected chi connectivity index (χ1v) is 5.63. The molecule has 0 saturated carbocycles. The van der Waals surface area contributed by atoms with Crippen molar-refractivity contribution in [3.05, 3.63) is 28.6 Å². The van der Waals surface area contributed by atoms with Crippen LogP contribution in [0.2, 0.25) is 0 Å². The first-order chi connectivity index (χ1) is 7.45. The number of halogens is 3. The molecule has 1 aromatic heterocycles. The monoisotopic (exact) mass is 293 g/mol. The first kappa shape index (κ1) is 13.0. The molecule has 1 N–H and O–H groups in total. The highest BCUT2D eigenvalue weighted by atomic mass is 79.9. The third-order valence-corrected chi connectivity index (χ3v) is 2.76. The summed E-state index contributed by atoms with van der Waals surface area (Å²) < 4.78 is 25.3. The van der Waals surface area contributed by atoms with Gasteiger partial charge in [0.05, 0.1) is 12.1 Å². The van der Waals surface area contributed by atoms with Gasteiger partial charge < -0.3 is 5.11 Å². The van der Waals surface area contributed by atoms with E-state index in [-0.39, 0.29) is 17.8 Å². The lowest BCUT2D eigenvalue weighted by atomic mass is 10.1. The summed E-state index contributed by atoms with van der Waals surface area (Å²) in [4.78, 5) is 14.2. The Kier molecular flexibility index (Phi) is 4.35. The fraction of sp³-hybridized carbons (Fsp3) is 0.400. The van der Waals surface area contributed by atoms with E-state index in [1.54, 1.807) is 6.92 Å². The van der Waals surface area contributed by atoms with Crippen LogP contribution < -0.4 is 0 Å². The van der Waals surface area contributed by atoms with Crippen molar-refractivity contribution in [1.29, 1.82) is 0 Å². The zero-order valence-electron chi connectivity index (χ0n) is 8.51. The van der Waals surface area contributed by atoms with Crippen molar-refractivity contribution in [1.82, 2.24) is 4.98 Å². The van der Waals surface area contributed by atoms with Crippen LogP contribution in [-0.2, 0) is 16.5 Å². The van der Waals surface area contributed by atoms with Crippen molar-refractivity contribution in [3.8, 4) is 0 Å². The summed E-state index contributed by atoms with van der Waals surface area (Å²) in [7, 11) is 0. The smallest absolute Gasteiger partial charge is 0.309 e. The van der Waals surface area contributed by atoms with Crippen molar-refractivity contribution < 1.29 is 18.7 Å². The van der Waals surface area contributed by atoms with Crippen LogP contribution in [-0.4, -0.2) is 16.1 Å². The van der Waals surface area contributed by atoms with E-state index < -0.39 is 12.4 Å². The minimum absolute atomic E-state index is 0.155. The topological polar surface area (TPSA) is 50.2 Å². The maximum absolute atomic E-state index is 12.6. The summed E-state index contributed by atoms with van der Waals surface area (Å²) in [6.45, 7) is 1.55. The molecule has 0 bridgehead atoms. The van der Waals surface area contributed by atoms with Crippen molar-refractivity contribution in [3.63, 3.8) is 0 Å². The number of carboxylic acid groups (broad SMARTS) is 1. The molecule has 0 radical (unpaired) electrons. The number of rotatable bonds is 4. The average Bonchev–Trinajstić information content (AvgIpc) is 2.19. The Morgan fingerprint density at radius 3 is 2.69 bits per heavy atom. The number of hydrogen-bond donors (Lipinski definition) is 1. The van der Waals surface area contributed by atoms with Gasteiger partial charge in [0.25, 0.3) is 6.43 Å². The largest absolute Gasteiger partial charge is 0.481 e. The van der Waals surface area contributed by atoms with Crippen molar-refractivity contribution in [2.45, 2.75) is 25.1 Å². The molecule has 0 aliphatic carbocycles. The minimum atomic E-state index is -2.69. The van der Waals surface area contributed by atoms with Crippen LogP contribution in [0.25, 0.3) is 0 Å². The molecule has 1 heterocycles. The second-order valence-corrected chi connectivity index (χ2v) is 3.85. The summed E-state index contributed by atoms with van der Waals surface area (Å²) in [6, 6.07) is 1.53. The molecule has 3 nitrogen and oxygen atoms in total. The van der Waals surface area contributed by atoms with E-state index >= 15 is 0 Å². The second-order valence-electron chi connectivity index (χ2n) is 3.29. The molecule has 0 amide bonds. The van der Waals surface area contributed by atoms with Crippen molar-refractivity contribution >= 4 is 21.9 Å². The summed E-state index contributed by atoms with van der Waals surface area (Å²) in [5.74, 6) is -1.09. The van der Waals surface area contributed by atoms with E-state index in [0.29, 0.717) is 16.5 Å². The number of carbonyl (C=O) groups is 1. The highest BCUT2D eigenvalue weighted by Gasteiger charge is 2.17. The van der Waals surface area contributed by atoms with Gasteiger partial charge in [-0.3, -0.25) is 9.78 Å². The summed E-state index contributed by atoms with van der Waals surface area (Å²) >= 11 is 3.17. The molecule has 0 aromatic carbocycles. The second kappa shape index (κ2) is 5.34. The lowest BCUT2D eigenvalue weighted by molar-refractivity contribution is -0.136. The fourth-order valence-corrected chi connectivity index (χ4v) is 1.92. The number of pyridine rings is 1. The average molecular weight is 294 g/mol. The number of hydrogen-bond acceptors (Lipinski definition) is 2. The minimum Gasteiger partial charge on any atom is -0.481 e. The molecule has 1 rings (SSSR count). The van der Waals surface area contributed by atoms with E-state index in [0.717, 1.165) is 0 Å². The SMILES string of the molecule is Cc1c(CBr)cc(CC(=O)O)nc1C(F)F. The van der Waals surface area contributed by atoms with Gasteiger partial charge in [-0.05, 0) is 24.1 Å². The third-order valence-electron chi connectivity index (χ3n) is 2.15. The van der Waals surface area contributed by atoms with Crippen LogP contribution in [0, 0.1) is 6.92 Å². The molecule has 88 valence electrons. The van der Waals surface area contributed by atoms with Crippen molar-refractivity contribution in [2.24, 2.45) is 0 Å². The predicted molar refractivity (Wildman–Crippen MR) is 57.9 cm³/mol. The van der Waals surface area contributed by atoms with Gasteiger partial charge in [0.15, 0.2) is 0 Å². The highest BCUT2D eigenvalue weighted by Crippen LogP contribution is 2.25. The van der Waals surface area contributed by atoms with Crippen LogP contribution in [0.5, 0.6) is 0 Å². The molecule has 0 aliphatic rings. The number of alkyl halides is 3. The molecule has 0 saturated heterocycles. The standard InChI is InChI=1S/C10H10BrF2NO2/c1-5-6(4-11)2-7(3-8(15)16)14-9(5)10(12)13/h2,10H,3-4H2,1H3,(H,15,16). The number of nitrogens with zero attached hydrogens (tertiary/aromatic N) is 1. The van der Waals surface area contributed by atoms with Gasteiger partial charge >= 0.3 is 5.97 Å². The molecule has 0 atom stereocenters. The number of aliphatic carboxylic acids is 1. The van der Waals surface area contributed by atoms with E-state index in [4.69, 9.17) is 5.11 Å². The summed E-state index contributed by atoms with van der Waals surface area (Å²) in [5, 5.41) is 8.99. The zero-order valence-corrected chi connectivity index (χ0v) is 10.1. The Morgan fingerprint density at radius 1 is 1.62 bits per heavy atom. The molecule has 0 spiro atoms. The van der Waals surface area contributed by atoms with Crippen LogP contribution >= 0.6 is 15.9 Å². The normalized spacial score (nSPS) is 10.8. The quantitative estimate of drug-likeness (QED) is 0.869. The Morgan fingerprint density at radius 2 is 2.25 bits per heavy atom. The Hall–Kier alpha value is -1.04. The van der Waals surface area contributed by atoms with Gasteiger partial charge in [-0.2, -0.15) is 0 Å². The number of carboxylic acids is 1. The third kappa shape index (κ3) is 2.98. The van der Waals surface area contributed by atoms with Gasteiger partial charge in [-0.1, -0.05) is 15.9 Å². The van der Waals surface area contributed by atoms with Gasteiger partial charge in [-0.15, -0.1) is 0 Å². The molecule has 0 unspecified atom stereocenters. The predicted octanol–water partition coefficient (Wildman–Crippen LogP) is 2.85. The molecule has 1 aromatic rings. The summed E-state index contributed by atoms with van der Waals surface area (Å²) in [6.07, 6.45) is -3.04. The highest BCUT2D eigenvalue weighted by molar-refractivity contribution is 9.08. The van der Waals surface area contributed by atoms with Crippen LogP contribution in [0.1, 0.15) is 28.9 Å². The Labute approximate surface area is 99.6 Å².